The normalized spacial score (nSPS) is 10.6. The van der Waals surface area contributed by atoms with Gasteiger partial charge in [-0.25, -0.2) is 4.98 Å². The first-order valence-corrected chi connectivity index (χ1v) is 7.12. The van der Waals surface area contributed by atoms with Crippen molar-refractivity contribution in [3.8, 4) is 0 Å². The molecule has 0 saturated heterocycles. The molecule has 0 fully saturated rings. The zero-order valence-corrected chi connectivity index (χ0v) is 12.6. The lowest BCUT2D eigenvalue weighted by Gasteiger charge is -2.22. The van der Waals surface area contributed by atoms with E-state index in [2.05, 4.69) is 66.4 Å². The number of nitrogens with one attached hydrogen (secondary N) is 1. The minimum absolute atomic E-state index is 0.859. The molecule has 0 atom stereocenters. The van der Waals surface area contributed by atoms with Crippen LogP contribution in [0.1, 0.15) is 23.6 Å². The van der Waals surface area contributed by atoms with Gasteiger partial charge in [0.2, 0.25) is 0 Å². The minimum atomic E-state index is 0.859. The molecule has 1 aromatic heterocycles. The number of aryl methyl sites for hydroxylation is 1. The third-order valence-corrected chi connectivity index (χ3v) is 3.46. The van der Waals surface area contributed by atoms with E-state index in [9.17, 15) is 0 Å². The second-order valence-corrected chi connectivity index (χ2v) is 5.05. The van der Waals surface area contributed by atoms with Crippen LogP contribution in [0.4, 0.5) is 5.82 Å². The van der Waals surface area contributed by atoms with Crippen LogP contribution < -0.4 is 10.2 Å². The lowest BCUT2D eigenvalue weighted by atomic mass is 10.1. The van der Waals surface area contributed by atoms with E-state index in [-0.39, 0.29) is 0 Å². The SMILES string of the molecule is CCNCc1cccnc1N(C)Cc1ccccc1C. The fourth-order valence-electron chi connectivity index (χ4n) is 2.29. The third kappa shape index (κ3) is 3.58. The van der Waals surface area contributed by atoms with Gasteiger partial charge in [0.15, 0.2) is 0 Å². The molecule has 1 heterocycles. The molecule has 106 valence electrons. The molecule has 0 radical (unpaired) electrons. The first kappa shape index (κ1) is 14.5. The van der Waals surface area contributed by atoms with Gasteiger partial charge in [-0.05, 0) is 30.7 Å². The van der Waals surface area contributed by atoms with E-state index in [1.807, 2.05) is 12.3 Å². The number of hydrogen-bond acceptors (Lipinski definition) is 3. The Kier molecular flexibility index (Phi) is 5.13. The largest absolute Gasteiger partial charge is 0.355 e. The summed E-state index contributed by atoms with van der Waals surface area (Å²) in [7, 11) is 2.10. The highest BCUT2D eigenvalue weighted by Gasteiger charge is 2.09. The highest BCUT2D eigenvalue weighted by atomic mass is 15.2. The van der Waals surface area contributed by atoms with Crippen LogP contribution in [-0.2, 0) is 13.1 Å². The number of rotatable bonds is 6. The maximum atomic E-state index is 4.54. The van der Waals surface area contributed by atoms with Gasteiger partial charge >= 0.3 is 0 Å². The van der Waals surface area contributed by atoms with Gasteiger partial charge in [0.25, 0.3) is 0 Å². The quantitative estimate of drug-likeness (QED) is 0.873. The van der Waals surface area contributed by atoms with Crippen LogP contribution in [0.25, 0.3) is 0 Å². The van der Waals surface area contributed by atoms with Gasteiger partial charge in [0, 0.05) is 31.9 Å². The highest BCUT2D eigenvalue weighted by Crippen LogP contribution is 2.19. The van der Waals surface area contributed by atoms with E-state index in [4.69, 9.17) is 0 Å². The molecule has 20 heavy (non-hydrogen) atoms. The van der Waals surface area contributed by atoms with E-state index in [1.165, 1.54) is 16.7 Å². The molecule has 0 amide bonds. The van der Waals surface area contributed by atoms with Crippen LogP contribution in [-0.4, -0.2) is 18.6 Å². The molecule has 1 aromatic carbocycles. The maximum absolute atomic E-state index is 4.54. The Bertz CT molecular complexity index is 551. The molecular formula is C17H23N3. The van der Waals surface area contributed by atoms with E-state index in [1.54, 1.807) is 0 Å². The van der Waals surface area contributed by atoms with Gasteiger partial charge < -0.3 is 10.2 Å². The Morgan fingerprint density at radius 2 is 1.85 bits per heavy atom. The van der Waals surface area contributed by atoms with Gasteiger partial charge in [-0.15, -0.1) is 0 Å². The summed E-state index contributed by atoms with van der Waals surface area (Å²) in [6.07, 6.45) is 1.86. The van der Waals surface area contributed by atoms with Crippen LogP contribution in [0.15, 0.2) is 42.6 Å². The summed E-state index contributed by atoms with van der Waals surface area (Å²) >= 11 is 0. The van der Waals surface area contributed by atoms with Crippen LogP contribution >= 0.6 is 0 Å². The topological polar surface area (TPSA) is 28.2 Å². The average Bonchev–Trinajstić information content (AvgIpc) is 2.47. The van der Waals surface area contributed by atoms with E-state index < -0.39 is 0 Å². The number of nitrogens with zero attached hydrogens (tertiary/aromatic N) is 2. The van der Waals surface area contributed by atoms with Gasteiger partial charge in [0.1, 0.15) is 5.82 Å². The summed E-state index contributed by atoms with van der Waals surface area (Å²) in [5.41, 5.74) is 3.91. The molecule has 0 spiro atoms. The number of hydrogen-bond donors (Lipinski definition) is 1. The number of pyridine rings is 1. The molecule has 3 heteroatoms. The Morgan fingerprint density at radius 3 is 2.60 bits per heavy atom. The molecule has 2 rings (SSSR count). The van der Waals surface area contributed by atoms with Crippen LogP contribution in [0.5, 0.6) is 0 Å². The van der Waals surface area contributed by atoms with Crippen LogP contribution in [0, 0.1) is 6.92 Å². The predicted octanol–water partition coefficient (Wildman–Crippen LogP) is 3.14. The molecule has 1 N–H and O–H groups in total. The summed E-state index contributed by atoms with van der Waals surface area (Å²) in [4.78, 5) is 6.76. The average molecular weight is 269 g/mol. The van der Waals surface area contributed by atoms with Gasteiger partial charge in [-0.2, -0.15) is 0 Å². The van der Waals surface area contributed by atoms with Crippen LogP contribution in [0.2, 0.25) is 0 Å². The zero-order valence-electron chi connectivity index (χ0n) is 12.6. The van der Waals surface area contributed by atoms with Crippen molar-refractivity contribution in [1.82, 2.24) is 10.3 Å². The lowest BCUT2D eigenvalue weighted by molar-refractivity contribution is 0.719. The lowest BCUT2D eigenvalue weighted by Crippen LogP contribution is -2.22. The molecule has 0 aliphatic carbocycles. The van der Waals surface area contributed by atoms with Crippen molar-refractivity contribution in [2.75, 3.05) is 18.5 Å². The van der Waals surface area contributed by atoms with Crippen molar-refractivity contribution in [2.24, 2.45) is 0 Å². The molecule has 0 unspecified atom stereocenters. The summed E-state index contributed by atoms with van der Waals surface area (Å²) < 4.78 is 0. The number of anilines is 1. The molecule has 0 aliphatic heterocycles. The number of benzene rings is 1. The molecule has 2 aromatic rings. The molecule has 3 nitrogen and oxygen atoms in total. The molecule has 0 aliphatic rings. The van der Waals surface area contributed by atoms with Gasteiger partial charge in [-0.1, -0.05) is 37.3 Å². The van der Waals surface area contributed by atoms with Crippen molar-refractivity contribution in [3.63, 3.8) is 0 Å². The second-order valence-electron chi connectivity index (χ2n) is 5.05. The Balaban J connectivity index is 2.16. The van der Waals surface area contributed by atoms with Crippen molar-refractivity contribution in [2.45, 2.75) is 26.9 Å². The standard InChI is InChI=1S/C17H23N3/c1-4-18-12-15-10-7-11-19-17(15)20(3)13-16-9-6-5-8-14(16)2/h5-11,18H,4,12-13H2,1-3H3. The fourth-order valence-corrected chi connectivity index (χ4v) is 2.29. The van der Waals surface area contributed by atoms with Gasteiger partial charge in [-0.3, -0.25) is 0 Å². The Labute approximate surface area is 121 Å². The Hall–Kier alpha value is -1.87. The first-order valence-electron chi connectivity index (χ1n) is 7.12. The maximum Gasteiger partial charge on any atom is 0.133 e. The molecule has 0 saturated carbocycles. The number of aromatic nitrogens is 1. The fraction of sp³-hybridized carbons (Fsp3) is 0.353. The minimum Gasteiger partial charge on any atom is -0.355 e. The van der Waals surface area contributed by atoms with E-state index in [0.717, 1.165) is 25.5 Å². The van der Waals surface area contributed by atoms with Crippen molar-refractivity contribution in [1.29, 1.82) is 0 Å². The summed E-state index contributed by atoms with van der Waals surface area (Å²) in [5, 5.41) is 3.37. The molecule has 0 bridgehead atoms. The summed E-state index contributed by atoms with van der Waals surface area (Å²) in [6.45, 7) is 6.98. The third-order valence-electron chi connectivity index (χ3n) is 3.46. The molecular weight excluding hydrogens is 246 g/mol. The second kappa shape index (κ2) is 7.06. The highest BCUT2D eigenvalue weighted by molar-refractivity contribution is 5.47. The predicted molar refractivity (Wildman–Crippen MR) is 84.9 cm³/mol. The van der Waals surface area contributed by atoms with Crippen LogP contribution in [0.3, 0.4) is 0 Å². The zero-order chi connectivity index (χ0) is 14.4. The van der Waals surface area contributed by atoms with E-state index >= 15 is 0 Å². The Morgan fingerprint density at radius 1 is 1.10 bits per heavy atom. The monoisotopic (exact) mass is 269 g/mol. The summed E-state index contributed by atoms with van der Waals surface area (Å²) in [5.74, 6) is 1.05. The van der Waals surface area contributed by atoms with E-state index in [0.29, 0.717) is 0 Å². The van der Waals surface area contributed by atoms with Crippen molar-refractivity contribution < 1.29 is 0 Å². The smallest absolute Gasteiger partial charge is 0.133 e. The summed E-state index contributed by atoms with van der Waals surface area (Å²) in [6, 6.07) is 12.6. The van der Waals surface area contributed by atoms with Crippen molar-refractivity contribution in [3.05, 3.63) is 59.3 Å². The van der Waals surface area contributed by atoms with Crippen molar-refractivity contribution >= 4 is 5.82 Å². The van der Waals surface area contributed by atoms with Gasteiger partial charge in [0.05, 0.1) is 0 Å². The first-order chi connectivity index (χ1) is 9.72.